The van der Waals surface area contributed by atoms with Crippen LogP contribution in [0.5, 0.6) is 0 Å². The molecule has 0 fully saturated rings. The molecule has 0 aliphatic carbocycles. The SMILES string of the molecule is CC1C(=O)NCc2ncccc21. The van der Waals surface area contributed by atoms with E-state index in [-0.39, 0.29) is 11.8 Å². The summed E-state index contributed by atoms with van der Waals surface area (Å²) in [5.74, 6) is 0.0398. The Bertz CT molecular complexity index is 322. The minimum atomic E-state index is -0.0533. The Morgan fingerprint density at radius 3 is 3.33 bits per heavy atom. The Kier molecular flexibility index (Phi) is 1.57. The number of hydrogen-bond acceptors (Lipinski definition) is 2. The lowest BCUT2D eigenvalue weighted by atomic mass is 9.95. The van der Waals surface area contributed by atoms with Crippen molar-refractivity contribution in [1.82, 2.24) is 10.3 Å². The van der Waals surface area contributed by atoms with Gasteiger partial charge in [0.1, 0.15) is 0 Å². The smallest absolute Gasteiger partial charge is 0.227 e. The van der Waals surface area contributed by atoms with Crippen LogP contribution in [-0.2, 0) is 11.3 Å². The monoisotopic (exact) mass is 162 g/mol. The first-order chi connectivity index (χ1) is 5.79. The average Bonchev–Trinajstić information content (AvgIpc) is 2.12. The molecule has 0 aromatic carbocycles. The number of rotatable bonds is 0. The van der Waals surface area contributed by atoms with Crippen LogP contribution in [0.3, 0.4) is 0 Å². The maximum absolute atomic E-state index is 11.2. The molecule has 2 heterocycles. The maximum atomic E-state index is 11.2. The molecule has 1 aliphatic rings. The van der Waals surface area contributed by atoms with Crippen molar-refractivity contribution in [2.75, 3.05) is 0 Å². The largest absolute Gasteiger partial charge is 0.350 e. The van der Waals surface area contributed by atoms with E-state index in [0.29, 0.717) is 6.54 Å². The second-order valence-electron chi connectivity index (χ2n) is 2.98. The fourth-order valence-electron chi connectivity index (χ4n) is 1.46. The van der Waals surface area contributed by atoms with E-state index in [4.69, 9.17) is 0 Å². The summed E-state index contributed by atoms with van der Waals surface area (Å²) in [5, 5.41) is 2.79. The van der Waals surface area contributed by atoms with Gasteiger partial charge in [0, 0.05) is 6.20 Å². The highest BCUT2D eigenvalue weighted by atomic mass is 16.1. The Balaban J connectivity index is 2.48. The lowest BCUT2D eigenvalue weighted by molar-refractivity contribution is -0.122. The summed E-state index contributed by atoms with van der Waals surface area (Å²) >= 11 is 0. The normalized spacial score (nSPS) is 21.4. The summed E-state index contributed by atoms with van der Waals surface area (Å²) in [6, 6.07) is 3.83. The first-order valence-corrected chi connectivity index (χ1v) is 4.00. The zero-order valence-corrected chi connectivity index (χ0v) is 6.87. The fourth-order valence-corrected chi connectivity index (χ4v) is 1.46. The van der Waals surface area contributed by atoms with Crippen molar-refractivity contribution < 1.29 is 4.79 Å². The highest BCUT2D eigenvalue weighted by molar-refractivity contribution is 5.84. The molecule has 0 saturated heterocycles. The van der Waals surface area contributed by atoms with Crippen LogP contribution in [0.25, 0.3) is 0 Å². The molecule has 0 spiro atoms. The summed E-state index contributed by atoms with van der Waals surface area (Å²) in [6.45, 7) is 2.47. The van der Waals surface area contributed by atoms with E-state index >= 15 is 0 Å². The van der Waals surface area contributed by atoms with Crippen molar-refractivity contribution in [2.45, 2.75) is 19.4 Å². The van der Waals surface area contributed by atoms with Gasteiger partial charge in [-0.2, -0.15) is 0 Å². The number of carbonyl (C=O) groups excluding carboxylic acids is 1. The van der Waals surface area contributed by atoms with Gasteiger partial charge in [-0.3, -0.25) is 9.78 Å². The molecule has 1 aromatic heterocycles. The van der Waals surface area contributed by atoms with Gasteiger partial charge in [0.2, 0.25) is 5.91 Å². The van der Waals surface area contributed by atoms with Crippen molar-refractivity contribution in [3.05, 3.63) is 29.6 Å². The lowest BCUT2D eigenvalue weighted by Crippen LogP contribution is -2.33. The van der Waals surface area contributed by atoms with Crippen molar-refractivity contribution in [3.8, 4) is 0 Å². The molecule has 1 amide bonds. The van der Waals surface area contributed by atoms with Crippen LogP contribution in [0.15, 0.2) is 18.3 Å². The zero-order chi connectivity index (χ0) is 8.55. The zero-order valence-electron chi connectivity index (χ0n) is 6.87. The van der Waals surface area contributed by atoms with E-state index in [1.165, 1.54) is 0 Å². The molecule has 62 valence electrons. The van der Waals surface area contributed by atoms with Gasteiger partial charge < -0.3 is 5.32 Å². The molecule has 1 atom stereocenters. The summed E-state index contributed by atoms with van der Waals surface area (Å²) < 4.78 is 0. The standard InChI is InChI=1S/C9H10N2O/c1-6-7-3-2-4-10-8(7)5-11-9(6)12/h2-4,6H,5H2,1H3,(H,11,12). The second-order valence-corrected chi connectivity index (χ2v) is 2.98. The lowest BCUT2D eigenvalue weighted by Gasteiger charge is -2.20. The summed E-state index contributed by atoms with van der Waals surface area (Å²) in [6.07, 6.45) is 1.75. The quantitative estimate of drug-likeness (QED) is 0.613. The molecular formula is C9H10N2O. The molecule has 1 unspecified atom stereocenters. The number of hydrogen-bond donors (Lipinski definition) is 1. The number of nitrogens with one attached hydrogen (secondary N) is 1. The van der Waals surface area contributed by atoms with Crippen LogP contribution in [0.1, 0.15) is 24.1 Å². The predicted octanol–water partition coefficient (Wildman–Crippen LogP) is 0.815. The second kappa shape index (κ2) is 2.59. The number of amides is 1. The Hall–Kier alpha value is -1.38. The van der Waals surface area contributed by atoms with Gasteiger partial charge >= 0.3 is 0 Å². The number of carbonyl (C=O) groups is 1. The molecule has 3 nitrogen and oxygen atoms in total. The number of pyridine rings is 1. The third kappa shape index (κ3) is 0.978. The third-order valence-corrected chi connectivity index (χ3v) is 2.22. The van der Waals surface area contributed by atoms with Gasteiger partial charge in [-0.1, -0.05) is 6.07 Å². The van der Waals surface area contributed by atoms with E-state index in [9.17, 15) is 4.79 Å². The first kappa shape index (κ1) is 7.28. The third-order valence-electron chi connectivity index (χ3n) is 2.22. The molecule has 1 N–H and O–H groups in total. The topological polar surface area (TPSA) is 42.0 Å². The van der Waals surface area contributed by atoms with Crippen molar-refractivity contribution in [2.24, 2.45) is 0 Å². The van der Waals surface area contributed by atoms with Gasteiger partial charge in [-0.25, -0.2) is 0 Å². The van der Waals surface area contributed by atoms with Crippen molar-refractivity contribution in [1.29, 1.82) is 0 Å². The van der Waals surface area contributed by atoms with E-state index in [0.717, 1.165) is 11.3 Å². The summed E-state index contributed by atoms with van der Waals surface area (Å²) in [4.78, 5) is 15.4. The molecule has 0 radical (unpaired) electrons. The van der Waals surface area contributed by atoms with Crippen molar-refractivity contribution >= 4 is 5.91 Å². The molecule has 1 aromatic rings. The van der Waals surface area contributed by atoms with Crippen LogP contribution >= 0.6 is 0 Å². The van der Waals surface area contributed by atoms with Crippen LogP contribution in [0, 0.1) is 0 Å². The number of fused-ring (bicyclic) bond motifs is 1. The van der Waals surface area contributed by atoms with Crippen LogP contribution in [0.4, 0.5) is 0 Å². The minimum Gasteiger partial charge on any atom is -0.350 e. The van der Waals surface area contributed by atoms with Crippen LogP contribution < -0.4 is 5.32 Å². The fraction of sp³-hybridized carbons (Fsp3) is 0.333. The highest BCUT2D eigenvalue weighted by Gasteiger charge is 2.23. The van der Waals surface area contributed by atoms with E-state index in [1.54, 1.807) is 6.20 Å². The van der Waals surface area contributed by atoms with Gasteiger partial charge in [-0.15, -0.1) is 0 Å². The molecular weight excluding hydrogens is 152 g/mol. The summed E-state index contributed by atoms with van der Waals surface area (Å²) in [7, 11) is 0. The molecule has 1 aliphatic heterocycles. The molecule has 0 saturated carbocycles. The van der Waals surface area contributed by atoms with Gasteiger partial charge in [-0.05, 0) is 18.6 Å². The van der Waals surface area contributed by atoms with E-state index in [1.807, 2.05) is 19.1 Å². The molecule has 0 bridgehead atoms. The Morgan fingerprint density at radius 2 is 2.50 bits per heavy atom. The minimum absolute atomic E-state index is 0.0533. The van der Waals surface area contributed by atoms with Crippen LogP contribution in [-0.4, -0.2) is 10.9 Å². The summed E-state index contributed by atoms with van der Waals surface area (Å²) in [5.41, 5.74) is 2.05. The van der Waals surface area contributed by atoms with Gasteiger partial charge in [0.15, 0.2) is 0 Å². The Labute approximate surface area is 70.8 Å². The van der Waals surface area contributed by atoms with Crippen molar-refractivity contribution in [3.63, 3.8) is 0 Å². The number of nitrogens with zero attached hydrogens (tertiary/aromatic N) is 1. The Morgan fingerprint density at radius 1 is 1.67 bits per heavy atom. The highest BCUT2D eigenvalue weighted by Crippen LogP contribution is 2.21. The molecule has 2 rings (SSSR count). The van der Waals surface area contributed by atoms with E-state index < -0.39 is 0 Å². The predicted molar refractivity (Wildman–Crippen MR) is 44.5 cm³/mol. The van der Waals surface area contributed by atoms with Crippen LogP contribution in [0.2, 0.25) is 0 Å². The van der Waals surface area contributed by atoms with E-state index in [2.05, 4.69) is 10.3 Å². The molecule has 3 heteroatoms. The van der Waals surface area contributed by atoms with Gasteiger partial charge in [0.25, 0.3) is 0 Å². The molecule has 12 heavy (non-hydrogen) atoms. The first-order valence-electron chi connectivity index (χ1n) is 4.00. The van der Waals surface area contributed by atoms with Gasteiger partial charge in [0.05, 0.1) is 18.2 Å². The average molecular weight is 162 g/mol. The number of aromatic nitrogens is 1. The maximum Gasteiger partial charge on any atom is 0.227 e.